The fourth-order valence-electron chi connectivity index (χ4n) is 0.979. The van der Waals surface area contributed by atoms with Crippen LogP contribution in [0.1, 0.15) is 33.1 Å². The Bertz CT molecular complexity index is 203. The molecule has 0 aliphatic carbocycles. The highest BCUT2D eigenvalue weighted by atomic mass is 16.2. The van der Waals surface area contributed by atoms with Crippen molar-refractivity contribution in [3.05, 3.63) is 0 Å². The van der Waals surface area contributed by atoms with E-state index in [-0.39, 0.29) is 5.91 Å². The highest BCUT2D eigenvalue weighted by Crippen LogP contribution is 2.10. The average Bonchev–Trinajstić information content (AvgIpc) is 2.17. The zero-order chi connectivity index (χ0) is 10.3. The van der Waals surface area contributed by atoms with E-state index >= 15 is 0 Å². The fourth-order valence-corrected chi connectivity index (χ4v) is 0.979. The first-order valence-corrected chi connectivity index (χ1v) is 4.54. The highest BCUT2D eigenvalue weighted by Gasteiger charge is 2.29. The van der Waals surface area contributed by atoms with Gasteiger partial charge >= 0.3 is 0 Å². The smallest absolute Gasteiger partial charge is 0.240 e. The minimum atomic E-state index is -0.768. The van der Waals surface area contributed by atoms with E-state index in [9.17, 15) is 4.79 Å². The third-order valence-electron chi connectivity index (χ3n) is 2.24. The van der Waals surface area contributed by atoms with Gasteiger partial charge in [0.25, 0.3) is 0 Å². The number of hydrogen-bond donors (Lipinski definition) is 2. The van der Waals surface area contributed by atoms with E-state index in [0.29, 0.717) is 25.8 Å². The van der Waals surface area contributed by atoms with Gasteiger partial charge in [-0.1, -0.05) is 13.8 Å². The standard InChI is InChI=1S/C9H17N3O/c1-3-9(11,4-2)8(13)12-7-5-6-10/h3-5,7,11H2,1-2H3,(H,12,13). The number of nitrogens with one attached hydrogen (secondary N) is 1. The third kappa shape index (κ3) is 3.43. The van der Waals surface area contributed by atoms with Crippen LogP contribution in [-0.4, -0.2) is 18.0 Å². The van der Waals surface area contributed by atoms with Crippen molar-refractivity contribution in [2.24, 2.45) is 5.73 Å². The summed E-state index contributed by atoms with van der Waals surface area (Å²) in [6, 6.07) is 1.95. The van der Waals surface area contributed by atoms with Crippen LogP contribution in [0.25, 0.3) is 0 Å². The highest BCUT2D eigenvalue weighted by molar-refractivity contribution is 5.85. The van der Waals surface area contributed by atoms with Crippen LogP contribution in [0.15, 0.2) is 0 Å². The molecule has 0 bridgehead atoms. The normalized spacial score (nSPS) is 10.6. The molecule has 3 N–H and O–H groups in total. The minimum absolute atomic E-state index is 0.159. The van der Waals surface area contributed by atoms with E-state index < -0.39 is 5.54 Å². The molecule has 0 saturated carbocycles. The number of nitriles is 1. The number of nitrogens with two attached hydrogens (primary N) is 1. The van der Waals surface area contributed by atoms with Crippen LogP contribution in [0.2, 0.25) is 0 Å². The molecule has 0 aromatic rings. The van der Waals surface area contributed by atoms with Gasteiger partial charge < -0.3 is 11.1 Å². The third-order valence-corrected chi connectivity index (χ3v) is 2.24. The molecule has 0 unspecified atom stereocenters. The van der Waals surface area contributed by atoms with Gasteiger partial charge in [0.2, 0.25) is 5.91 Å². The van der Waals surface area contributed by atoms with Gasteiger partial charge in [-0.3, -0.25) is 4.79 Å². The van der Waals surface area contributed by atoms with Crippen molar-refractivity contribution in [2.45, 2.75) is 38.6 Å². The molecule has 1 amide bonds. The summed E-state index contributed by atoms with van der Waals surface area (Å²) < 4.78 is 0. The molecule has 0 atom stereocenters. The number of carbonyl (C=O) groups is 1. The lowest BCUT2D eigenvalue weighted by atomic mass is 9.93. The van der Waals surface area contributed by atoms with Gasteiger partial charge in [-0.05, 0) is 12.8 Å². The molecule has 0 spiro atoms. The van der Waals surface area contributed by atoms with Gasteiger partial charge in [-0.25, -0.2) is 0 Å². The summed E-state index contributed by atoms with van der Waals surface area (Å²) in [5.74, 6) is -0.159. The summed E-state index contributed by atoms with van der Waals surface area (Å²) in [5.41, 5.74) is 5.06. The maximum atomic E-state index is 11.5. The number of rotatable bonds is 5. The first kappa shape index (κ1) is 11.9. The topological polar surface area (TPSA) is 78.9 Å². The van der Waals surface area contributed by atoms with E-state index in [4.69, 9.17) is 11.0 Å². The van der Waals surface area contributed by atoms with E-state index in [1.54, 1.807) is 0 Å². The molecule has 0 rings (SSSR count). The molecule has 0 aromatic heterocycles. The van der Waals surface area contributed by atoms with Gasteiger partial charge in [0.1, 0.15) is 0 Å². The second-order valence-electron chi connectivity index (χ2n) is 3.03. The van der Waals surface area contributed by atoms with Crippen molar-refractivity contribution in [1.82, 2.24) is 5.32 Å². The molecule has 74 valence electrons. The molecule has 0 aliphatic rings. The Morgan fingerprint density at radius 1 is 1.54 bits per heavy atom. The van der Waals surface area contributed by atoms with Gasteiger partial charge in [0.05, 0.1) is 18.0 Å². The SMILES string of the molecule is CCC(N)(CC)C(=O)NCCC#N. The summed E-state index contributed by atoms with van der Waals surface area (Å²) in [6.45, 7) is 4.15. The zero-order valence-electron chi connectivity index (χ0n) is 8.26. The molecule has 0 fully saturated rings. The largest absolute Gasteiger partial charge is 0.353 e. The molecule has 4 nitrogen and oxygen atoms in total. The van der Waals surface area contributed by atoms with Crippen LogP contribution in [-0.2, 0) is 4.79 Å². The predicted octanol–water partition coefficient (Wildman–Crippen LogP) is 0.534. The lowest BCUT2D eigenvalue weighted by molar-refractivity contribution is -0.126. The van der Waals surface area contributed by atoms with Crippen LogP contribution in [0, 0.1) is 11.3 Å². The van der Waals surface area contributed by atoms with Crippen molar-refractivity contribution in [3.63, 3.8) is 0 Å². The fraction of sp³-hybridized carbons (Fsp3) is 0.778. The Balaban J connectivity index is 4.01. The summed E-state index contributed by atoms with van der Waals surface area (Å²) in [7, 11) is 0. The van der Waals surface area contributed by atoms with E-state index in [1.165, 1.54) is 0 Å². The Labute approximate surface area is 79.1 Å². The predicted molar refractivity (Wildman–Crippen MR) is 50.7 cm³/mol. The van der Waals surface area contributed by atoms with Crippen LogP contribution < -0.4 is 11.1 Å². The molecule has 0 aromatic carbocycles. The summed E-state index contributed by atoms with van der Waals surface area (Å²) in [6.07, 6.45) is 1.55. The summed E-state index contributed by atoms with van der Waals surface area (Å²) in [4.78, 5) is 11.5. The Kier molecular flexibility index (Phi) is 5.09. The lowest BCUT2D eigenvalue weighted by Crippen LogP contribution is -2.53. The van der Waals surface area contributed by atoms with Crippen LogP contribution in [0.4, 0.5) is 0 Å². The van der Waals surface area contributed by atoms with Gasteiger partial charge in [0, 0.05) is 6.54 Å². The molecule has 0 radical (unpaired) electrons. The summed E-state index contributed by atoms with van der Waals surface area (Å²) in [5, 5.41) is 10.9. The van der Waals surface area contributed by atoms with Crippen LogP contribution in [0.5, 0.6) is 0 Å². The molecular formula is C9H17N3O. The van der Waals surface area contributed by atoms with Gasteiger partial charge in [0.15, 0.2) is 0 Å². The second kappa shape index (κ2) is 5.55. The zero-order valence-corrected chi connectivity index (χ0v) is 8.26. The molecular weight excluding hydrogens is 166 g/mol. The minimum Gasteiger partial charge on any atom is -0.353 e. The monoisotopic (exact) mass is 183 g/mol. The summed E-state index contributed by atoms with van der Waals surface area (Å²) >= 11 is 0. The number of carbonyl (C=O) groups excluding carboxylic acids is 1. The van der Waals surface area contributed by atoms with Crippen molar-refractivity contribution < 1.29 is 4.79 Å². The van der Waals surface area contributed by atoms with E-state index in [1.807, 2.05) is 19.9 Å². The van der Waals surface area contributed by atoms with Gasteiger partial charge in [-0.2, -0.15) is 5.26 Å². The Hall–Kier alpha value is -1.08. The molecule has 0 heterocycles. The number of hydrogen-bond acceptors (Lipinski definition) is 3. The van der Waals surface area contributed by atoms with E-state index in [2.05, 4.69) is 5.32 Å². The maximum absolute atomic E-state index is 11.5. The van der Waals surface area contributed by atoms with Crippen molar-refractivity contribution >= 4 is 5.91 Å². The van der Waals surface area contributed by atoms with Gasteiger partial charge in [-0.15, -0.1) is 0 Å². The quantitative estimate of drug-likeness (QED) is 0.610. The number of nitrogens with zero attached hydrogens (tertiary/aromatic N) is 1. The van der Waals surface area contributed by atoms with Crippen molar-refractivity contribution in [1.29, 1.82) is 5.26 Å². The number of amides is 1. The molecule has 4 heteroatoms. The van der Waals surface area contributed by atoms with E-state index in [0.717, 1.165) is 0 Å². The first-order chi connectivity index (χ1) is 6.10. The maximum Gasteiger partial charge on any atom is 0.240 e. The Morgan fingerprint density at radius 2 is 2.08 bits per heavy atom. The van der Waals surface area contributed by atoms with Crippen LogP contribution in [0.3, 0.4) is 0 Å². The lowest BCUT2D eigenvalue weighted by Gasteiger charge is -2.24. The van der Waals surface area contributed by atoms with Crippen molar-refractivity contribution in [2.75, 3.05) is 6.54 Å². The Morgan fingerprint density at radius 3 is 2.46 bits per heavy atom. The average molecular weight is 183 g/mol. The van der Waals surface area contributed by atoms with Crippen LogP contribution >= 0.6 is 0 Å². The molecule has 0 aliphatic heterocycles. The van der Waals surface area contributed by atoms with Crippen molar-refractivity contribution in [3.8, 4) is 6.07 Å². The molecule has 0 saturated heterocycles. The second-order valence-corrected chi connectivity index (χ2v) is 3.03. The first-order valence-electron chi connectivity index (χ1n) is 4.54. The molecule has 13 heavy (non-hydrogen) atoms.